The summed E-state index contributed by atoms with van der Waals surface area (Å²) in [6.07, 6.45) is 0. The van der Waals surface area contributed by atoms with Crippen molar-refractivity contribution in [3.63, 3.8) is 0 Å². The highest BCUT2D eigenvalue weighted by atomic mass is 32.2. The average molecular weight is 207 g/mol. The van der Waals surface area contributed by atoms with E-state index in [1.807, 2.05) is 30.3 Å². The van der Waals surface area contributed by atoms with Crippen molar-refractivity contribution >= 4 is 23.2 Å². The molecule has 14 heavy (non-hydrogen) atoms. The van der Waals surface area contributed by atoms with Gasteiger partial charge in [-0.15, -0.1) is 11.8 Å². The summed E-state index contributed by atoms with van der Waals surface area (Å²) < 4.78 is 0. The first kappa shape index (κ1) is 10.9. The first-order valence-electron chi connectivity index (χ1n) is 4.29. The van der Waals surface area contributed by atoms with Gasteiger partial charge in [0.15, 0.2) is 0 Å². The summed E-state index contributed by atoms with van der Waals surface area (Å²) >= 11 is 1.49. The van der Waals surface area contributed by atoms with E-state index in [1.165, 1.54) is 11.8 Å². The molecule has 0 aliphatic rings. The Morgan fingerprint density at radius 3 is 2.50 bits per heavy atom. The van der Waals surface area contributed by atoms with Gasteiger partial charge in [0, 0.05) is 5.75 Å². The third-order valence-electron chi connectivity index (χ3n) is 1.70. The Balaban J connectivity index is 2.40. The van der Waals surface area contributed by atoms with Crippen LogP contribution in [0.2, 0.25) is 0 Å². The SMILES string of the molecule is C=C(CSCC(N)=O)c1ccccc1. The molecular formula is C11H13NOS. The molecule has 0 fully saturated rings. The van der Waals surface area contributed by atoms with Crippen molar-refractivity contribution in [1.29, 1.82) is 0 Å². The van der Waals surface area contributed by atoms with Crippen LogP contribution in [0.3, 0.4) is 0 Å². The fraction of sp³-hybridized carbons (Fsp3) is 0.182. The molecule has 2 nitrogen and oxygen atoms in total. The van der Waals surface area contributed by atoms with Gasteiger partial charge in [-0.2, -0.15) is 0 Å². The van der Waals surface area contributed by atoms with E-state index in [0.717, 1.165) is 16.9 Å². The molecule has 2 N–H and O–H groups in total. The summed E-state index contributed by atoms with van der Waals surface area (Å²) in [5.74, 6) is 0.814. The van der Waals surface area contributed by atoms with Crippen molar-refractivity contribution in [2.75, 3.05) is 11.5 Å². The topological polar surface area (TPSA) is 43.1 Å². The Hall–Kier alpha value is -1.22. The van der Waals surface area contributed by atoms with Crippen molar-refractivity contribution in [2.45, 2.75) is 0 Å². The molecule has 0 saturated carbocycles. The number of benzene rings is 1. The van der Waals surface area contributed by atoms with Gasteiger partial charge in [-0.05, 0) is 11.1 Å². The summed E-state index contributed by atoms with van der Waals surface area (Å²) in [4.78, 5) is 10.5. The minimum Gasteiger partial charge on any atom is -0.369 e. The van der Waals surface area contributed by atoms with E-state index in [0.29, 0.717) is 5.75 Å². The molecule has 0 radical (unpaired) electrons. The maximum absolute atomic E-state index is 10.5. The summed E-state index contributed by atoms with van der Waals surface area (Å²) in [6.45, 7) is 3.95. The van der Waals surface area contributed by atoms with Crippen molar-refractivity contribution in [3.05, 3.63) is 42.5 Å². The number of nitrogens with two attached hydrogens (primary N) is 1. The quantitative estimate of drug-likeness (QED) is 0.801. The number of hydrogen-bond donors (Lipinski definition) is 1. The zero-order chi connectivity index (χ0) is 10.4. The Labute approximate surface area is 88.2 Å². The third kappa shape index (κ3) is 3.66. The number of hydrogen-bond acceptors (Lipinski definition) is 2. The molecule has 0 heterocycles. The molecule has 0 saturated heterocycles. The fourth-order valence-electron chi connectivity index (χ4n) is 1.03. The minimum atomic E-state index is -0.282. The Morgan fingerprint density at radius 1 is 1.29 bits per heavy atom. The van der Waals surface area contributed by atoms with Crippen LogP contribution >= 0.6 is 11.8 Å². The average Bonchev–Trinajstić information content (AvgIpc) is 2.18. The number of thioether (sulfide) groups is 1. The maximum atomic E-state index is 10.5. The van der Waals surface area contributed by atoms with Crippen LogP contribution in [0.5, 0.6) is 0 Å². The standard InChI is InChI=1S/C11H13NOS/c1-9(7-14-8-11(12)13)10-5-3-2-4-6-10/h2-6H,1,7-8H2,(H2,12,13). The van der Waals surface area contributed by atoms with Gasteiger partial charge in [0.2, 0.25) is 5.91 Å². The van der Waals surface area contributed by atoms with Gasteiger partial charge in [-0.1, -0.05) is 36.9 Å². The monoisotopic (exact) mass is 207 g/mol. The van der Waals surface area contributed by atoms with E-state index in [4.69, 9.17) is 5.73 Å². The number of rotatable bonds is 5. The van der Waals surface area contributed by atoms with Gasteiger partial charge in [0.05, 0.1) is 5.75 Å². The molecule has 0 aliphatic heterocycles. The van der Waals surface area contributed by atoms with Crippen LogP contribution in [-0.4, -0.2) is 17.4 Å². The van der Waals surface area contributed by atoms with Gasteiger partial charge in [0.25, 0.3) is 0 Å². The number of carbonyl (C=O) groups is 1. The van der Waals surface area contributed by atoms with E-state index in [-0.39, 0.29) is 5.91 Å². The highest BCUT2D eigenvalue weighted by Gasteiger charge is 1.99. The smallest absolute Gasteiger partial charge is 0.227 e. The van der Waals surface area contributed by atoms with Gasteiger partial charge in [0.1, 0.15) is 0 Å². The van der Waals surface area contributed by atoms with Gasteiger partial charge < -0.3 is 5.73 Å². The van der Waals surface area contributed by atoms with Crippen LogP contribution < -0.4 is 5.73 Å². The summed E-state index contributed by atoms with van der Waals surface area (Å²) in [7, 11) is 0. The molecule has 1 aromatic carbocycles. The number of amides is 1. The van der Waals surface area contributed by atoms with Crippen LogP contribution in [0.1, 0.15) is 5.56 Å². The predicted octanol–water partition coefficient (Wildman–Crippen LogP) is 1.92. The number of primary amides is 1. The lowest BCUT2D eigenvalue weighted by atomic mass is 10.1. The maximum Gasteiger partial charge on any atom is 0.227 e. The molecular weight excluding hydrogens is 194 g/mol. The van der Waals surface area contributed by atoms with E-state index in [2.05, 4.69) is 6.58 Å². The van der Waals surface area contributed by atoms with Gasteiger partial charge in [-0.25, -0.2) is 0 Å². The van der Waals surface area contributed by atoms with Crippen LogP contribution in [-0.2, 0) is 4.79 Å². The van der Waals surface area contributed by atoms with Crippen molar-refractivity contribution in [1.82, 2.24) is 0 Å². The highest BCUT2D eigenvalue weighted by molar-refractivity contribution is 8.00. The van der Waals surface area contributed by atoms with E-state index in [1.54, 1.807) is 0 Å². The summed E-state index contributed by atoms with van der Waals surface area (Å²) in [5, 5.41) is 0. The molecule has 0 aliphatic carbocycles. The van der Waals surface area contributed by atoms with E-state index >= 15 is 0 Å². The van der Waals surface area contributed by atoms with E-state index < -0.39 is 0 Å². The highest BCUT2D eigenvalue weighted by Crippen LogP contribution is 2.16. The van der Waals surface area contributed by atoms with Crippen molar-refractivity contribution in [2.24, 2.45) is 5.73 Å². The fourth-order valence-corrected chi connectivity index (χ4v) is 1.75. The molecule has 3 heteroatoms. The number of carbonyl (C=O) groups excluding carboxylic acids is 1. The Bertz CT molecular complexity index is 321. The van der Waals surface area contributed by atoms with Crippen LogP contribution in [0.4, 0.5) is 0 Å². The second kappa shape index (κ2) is 5.50. The van der Waals surface area contributed by atoms with Gasteiger partial charge in [-0.3, -0.25) is 4.79 Å². The zero-order valence-electron chi connectivity index (χ0n) is 7.90. The largest absolute Gasteiger partial charge is 0.369 e. The third-order valence-corrected chi connectivity index (χ3v) is 2.74. The Morgan fingerprint density at radius 2 is 1.93 bits per heavy atom. The molecule has 0 unspecified atom stereocenters. The second-order valence-corrected chi connectivity index (χ2v) is 3.91. The lowest BCUT2D eigenvalue weighted by molar-refractivity contribution is -0.115. The molecule has 0 aromatic heterocycles. The molecule has 0 atom stereocenters. The van der Waals surface area contributed by atoms with Crippen LogP contribution in [0.15, 0.2) is 36.9 Å². The lowest BCUT2D eigenvalue weighted by Crippen LogP contribution is -2.13. The molecule has 74 valence electrons. The second-order valence-electron chi connectivity index (χ2n) is 2.93. The van der Waals surface area contributed by atoms with E-state index in [9.17, 15) is 4.79 Å². The molecule has 1 aromatic rings. The normalized spacial score (nSPS) is 9.71. The minimum absolute atomic E-state index is 0.282. The summed E-state index contributed by atoms with van der Waals surface area (Å²) in [6, 6.07) is 9.92. The Kier molecular flexibility index (Phi) is 4.26. The van der Waals surface area contributed by atoms with Crippen molar-refractivity contribution < 1.29 is 4.79 Å². The lowest BCUT2D eigenvalue weighted by Gasteiger charge is -2.03. The molecule has 1 rings (SSSR count). The van der Waals surface area contributed by atoms with Crippen LogP contribution in [0.25, 0.3) is 5.57 Å². The molecule has 1 amide bonds. The summed E-state index contributed by atoms with van der Waals surface area (Å²) in [5.41, 5.74) is 7.17. The van der Waals surface area contributed by atoms with Gasteiger partial charge >= 0.3 is 0 Å². The van der Waals surface area contributed by atoms with Crippen LogP contribution in [0, 0.1) is 0 Å². The zero-order valence-corrected chi connectivity index (χ0v) is 8.72. The molecule has 0 spiro atoms. The first-order valence-corrected chi connectivity index (χ1v) is 5.45. The first-order chi connectivity index (χ1) is 6.70. The molecule has 0 bridgehead atoms. The van der Waals surface area contributed by atoms with Crippen molar-refractivity contribution in [3.8, 4) is 0 Å². The predicted molar refractivity (Wildman–Crippen MR) is 62.0 cm³/mol.